The lowest BCUT2D eigenvalue weighted by molar-refractivity contribution is 0.0326. The number of nitrogens with zero attached hydrogens (tertiary/aromatic N) is 1. The summed E-state index contributed by atoms with van der Waals surface area (Å²) in [5.41, 5.74) is 1.05. The lowest BCUT2D eigenvalue weighted by atomic mass is 10.0. The molecular formula is C24H27NO6. The molecule has 2 heterocycles. The Bertz CT molecular complexity index is 1090. The van der Waals surface area contributed by atoms with E-state index in [2.05, 4.69) is 4.90 Å². The van der Waals surface area contributed by atoms with Gasteiger partial charge in [-0.2, -0.15) is 0 Å². The molecule has 0 saturated carbocycles. The van der Waals surface area contributed by atoms with Crippen molar-refractivity contribution in [3.8, 4) is 28.4 Å². The van der Waals surface area contributed by atoms with Crippen LogP contribution in [-0.2, 0) is 4.74 Å². The summed E-state index contributed by atoms with van der Waals surface area (Å²) in [5, 5.41) is 10.7. The van der Waals surface area contributed by atoms with Gasteiger partial charge < -0.3 is 23.7 Å². The molecule has 0 bridgehead atoms. The van der Waals surface area contributed by atoms with E-state index >= 15 is 0 Å². The largest absolute Gasteiger partial charge is 0.507 e. The van der Waals surface area contributed by atoms with Gasteiger partial charge in [0.15, 0.2) is 0 Å². The second kappa shape index (κ2) is 9.41. The minimum absolute atomic E-state index is 0.0509. The van der Waals surface area contributed by atoms with E-state index in [-0.39, 0.29) is 28.3 Å². The van der Waals surface area contributed by atoms with Gasteiger partial charge in [0, 0.05) is 31.8 Å². The van der Waals surface area contributed by atoms with Crippen LogP contribution in [-0.4, -0.2) is 56.1 Å². The van der Waals surface area contributed by atoms with Crippen LogP contribution in [0.25, 0.3) is 22.1 Å². The smallest absolute Gasteiger partial charge is 0.204 e. The molecule has 1 atom stereocenters. The maximum atomic E-state index is 13.0. The van der Waals surface area contributed by atoms with Crippen LogP contribution in [0.3, 0.4) is 0 Å². The summed E-state index contributed by atoms with van der Waals surface area (Å²) < 4.78 is 22.2. The van der Waals surface area contributed by atoms with Crippen molar-refractivity contribution in [1.82, 2.24) is 4.90 Å². The number of methoxy groups -OCH3 is 1. The molecule has 1 aromatic heterocycles. The van der Waals surface area contributed by atoms with Crippen molar-refractivity contribution < 1.29 is 23.7 Å². The number of morpholine rings is 1. The monoisotopic (exact) mass is 425 g/mol. The van der Waals surface area contributed by atoms with Crippen LogP contribution in [0.2, 0.25) is 0 Å². The SMILES string of the molecule is COc1ccc(-c2coc3cc(OC(C)CCN4CCOCC4)cc(O)c3c2=O)cc1. The van der Waals surface area contributed by atoms with Crippen LogP contribution in [0.1, 0.15) is 13.3 Å². The Morgan fingerprint density at radius 2 is 1.87 bits per heavy atom. The Morgan fingerprint density at radius 1 is 1.13 bits per heavy atom. The standard InChI is InChI=1S/C24H27NO6/c1-16(7-8-25-9-11-29-12-10-25)31-19-13-21(26)23-22(14-19)30-15-20(24(23)27)17-3-5-18(28-2)6-4-17/h3-6,13-16,26H,7-12H2,1-2H3. The molecule has 0 radical (unpaired) electrons. The van der Waals surface area contributed by atoms with Crippen molar-refractivity contribution >= 4 is 11.0 Å². The third kappa shape index (κ3) is 4.84. The van der Waals surface area contributed by atoms with E-state index in [1.807, 2.05) is 6.92 Å². The number of rotatable bonds is 7. The van der Waals surface area contributed by atoms with Crippen molar-refractivity contribution in [2.75, 3.05) is 40.0 Å². The molecule has 0 spiro atoms. The zero-order chi connectivity index (χ0) is 21.8. The predicted octanol–water partition coefficient (Wildman–Crippen LogP) is 3.66. The van der Waals surface area contributed by atoms with Crippen LogP contribution < -0.4 is 14.9 Å². The number of benzene rings is 2. The molecule has 3 aromatic rings. The van der Waals surface area contributed by atoms with Gasteiger partial charge in [-0.25, -0.2) is 0 Å². The summed E-state index contributed by atoms with van der Waals surface area (Å²) >= 11 is 0. The molecular weight excluding hydrogens is 398 g/mol. The van der Waals surface area contributed by atoms with E-state index in [1.54, 1.807) is 37.4 Å². The highest BCUT2D eigenvalue weighted by Crippen LogP contribution is 2.31. The summed E-state index contributed by atoms with van der Waals surface area (Å²) in [6.45, 7) is 6.32. The molecule has 31 heavy (non-hydrogen) atoms. The average molecular weight is 425 g/mol. The maximum Gasteiger partial charge on any atom is 0.204 e. The fourth-order valence-electron chi connectivity index (χ4n) is 3.73. The maximum absolute atomic E-state index is 13.0. The summed E-state index contributed by atoms with van der Waals surface area (Å²) in [4.78, 5) is 15.4. The molecule has 1 fully saturated rings. The highest BCUT2D eigenvalue weighted by atomic mass is 16.5. The molecule has 1 unspecified atom stereocenters. The number of ether oxygens (including phenoxy) is 3. The lowest BCUT2D eigenvalue weighted by Gasteiger charge is -2.27. The Balaban J connectivity index is 1.52. The molecule has 4 rings (SSSR count). The van der Waals surface area contributed by atoms with Gasteiger partial charge >= 0.3 is 0 Å². The number of hydrogen-bond donors (Lipinski definition) is 1. The molecule has 7 heteroatoms. The molecule has 1 N–H and O–H groups in total. The van der Waals surface area contributed by atoms with Gasteiger partial charge in [-0.1, -0.05) is 12.1 Å². The van der Waals surface area contributed by atoms with E-state index in [0.717, 1.165) is 39.3 Å². The summed E-state index contributed by atoms with van der Waals surface area (Å²) in [7, 11) is 1.58. The van der Waals surface area contributed by atoms with Crippen molar-refractivity contribution in [1.29, 1.82) is 0 Å². The van der Waals surface area contributed by atoms with E-state index in [9.17, 15) is 9.90 Å². The van der Waals surface area contributed by atoms with Gasteiger partial charge in [0.1, 0.15) is 34.5 Å². The third-order valence-electron chi connectivity index (χ3n) is 5.52. The highest BCUT2D eigenvalue weighted by molar-refractivity contribution is 5.88. The van der Waals surface area contributed by atoms with E-state index in [0.29, 0.717) is 22.6 Å². The minimum atomic E-state index is -0.296. The van der Waals surface area contributed by atoms with E-state index in [1.165, 1.54) is 12.3 Å². The molecule has 1 saturated heterocycles. The molecule has 2 aromatic carbocycles. The number of hydrogen-bond acceptors (Lipinski definition) is 7. The molecule has 1 aliphatic heterocycles. The number of fused-ring (bicyclic) bond motifs is 1. The van der Waals surface area contributed by atoms with Crippen LogP contribution >= 0.6 is 0 Å². The molecule has 0 aliphatic carbocycles. The molecule has 1 aliphatic rings. The Morgan fingerprint density at radius 3 is 2.58 bits per heavy atom. The summed E-state index contributed by atoms with van der Waals surface area (Å²) in [5.74, 6) is 1.01. The number of phenolic OH excluding ortho intramolecular Hbond substituents is 1. The summed E-state index contributed by atoms with van der Waals surface area (Å²) in [6, 6.07) is 10.2. The first-order chi connectivity index (χ1) is 15.0. The van der Waals surface area contributed by atoms with Gasteiger partial charge in [0.2, 0.25) is 5.43 Å². The zero-order valence-electron chi connectivity index (χ0n) is 17.8. The first-order valence-corrected chi connectivity index (χ1v) is 10.4. The van der Waals surface area contributed by atoms with Crippen LogP contribution in [0, 0.1) is 0 Å². The summed E-state index contributed by atoms with van der Waals surface area (Å²) in [6.07, 6.45) is 2.21. The first kappa shape index (κ1) is 21.2. The van der Waals surface area contributed by atoms with Crippen molar-refractivity contribution in [3.05, 3.63) is 52.9 Å². The van der Waals surface area contributed by atoms with Crippen LogP contribution in [0.15, 0.2) is 51.9 Å². The zero-order valence-corrected chi connectivity index (χ0v) is 17.8. The quantitative estimate of drug-likeness (QED) is 0.619. The van der Waals surface area contributed by atoms with Crippen molar-refractivity contribution in [3.63, 3.8) is 0 Å². The van der Waals surface area contributed by atoms with Gasteiger partial charge in [-0.15, -0.1) is 0 Å². The average Bonchev–Trinajstić information content (AvgIpc) is 2.78. The predicted molar refractivity (Wildman–Crippen MR) is 118 cm³/mol. The van der Waals surface area contributed by atoms with E-state index < -0.39 is 0 Å². The highest BCUT2D eigenvalue weighted by Gasteiger charge is 2.17. The fourth-order valence-corrected chi connectivity index (χ4v) is 3.73. The minimum Gasteiger partial charge on any atom is -0.507 e. The van der Waals surface area contributed by atoms with Crippen molar-refractivity contribution in [2.45, 2.75) is 19.4 Å². The second-order valence-corrected chi connectivity index (χ2v) is 7.69. The van der Waals surface area contributed by atoms with Crippen molar-refractivity contribution in [2.24, 2.45) is 0 Å². The second-order valence-electron chi connectivity index (χ2n) is 7.69. The Kier molecular flexibility index (Phi) is 6.44. The van der Waals surface area contributed by atoms with Crippen LogP contribution in [0.4, 0.5) is 0 Å². The lowest BCUT2D eigenvalue weighted by Crippen LogP contribution is -2.38. The van der Waals surface area contributed by atoms with Gasteiger partial charge in [0.25, 0.3) is 0 Å². The topological polar surface area (TPSA) is 81.4 Å². The van der Waals surface area contributed by atoms with Crippen LogP contribution in [0.5, 0.6) is 17.2 Å². The van der Waals surface area contributed by atoms with Gasteiger partial charge in [-0.3, -0.25) is 9.69 Å². The normalized spacial score (nSPS) is 15.7. The van der Waals surface area contributed by atoms with E-state index in [4.69, 9.17) is 18.6 Å². The van der Waals surface area contributed by atoms with Gasteiger partial charge in [0.05, 0.1) is 32.0 Å². The molecule has 7 nitrogen and oxygen atoms in total. The molecule has 0 amide bonds. The first-order valence-electron chi connectivity index (χ1n) is 10.4. The Hall–Kier alpha value is -3.03. The van der Waals surface area contributed by atoms with Gasteiger partial charge in [-0.05, 0) is 31.0 Å². The molecule has 164 valence electrons. The number of phenols is 1. The Labute approximate surface area is 180 Å². The number of aromatic hydroxyl groups is 1. The third-order valence-corrected chi connectivity index (χ3v) is 5.52. The fraction of sp³-hybridized carbons (Fsp3) is 0.375.